The van der Waals surface area contributed by atoms with Crippen LogP contribution < -0.4 is 10.6 Å². The van der Waals surface area contributed by atoms with Crippen LogP contribution in [0.2, 0.25) is 0 Å². The van der Waals surface area contributed by atoms with Gasteiger partial charge in [0.1, 0.15) is 11.5 Å². The second kappa shape index (κ2) is 4.00. The van der Waals surface area contributed by atoms with E-state index in [4.69, 9.17) is 5.73 Å². The summed E-state index contributed by atoms with van der Waals surface area (Å²) in [5.74, 6) is 1.01. The molecule has 1 aliphatic carbocycles. The van der Waals surface area contributed by atoms with Crippen molar-refractivity contribution in [1.82, 2.24) is 19.9 Å². The van der Waals surface area contributed by atoms with Crippen LogP contribution in [0.3, 0.4) is 0 Å². The number of nitrogen functional groups attached to an aromatic ring is 1. The average Bonchev–Trinajstić information content (AvgIpc) is 3.03. The monoisotopic (exact) mass is 288 g/mol. The molecule has 1 aliphatic heterocycles. The molecule has 1 spiro atoms. The number of hydrogen-bond donors (Lipinski definition) is 3. The Morgan fingerprint density at radius 1 is 1.38 bits per heavy atom. The molecule has 21 heavy (non-hydrogen) atoms. The number of carboxylic acid groups (broad SMARTS) is 1. The maximum absolute atomic E-state index is 11.3. The van der Waals surface area contributed by atoms with Crippen LogP contribution in [0, 0.1) is 0 Å². The predicted octanol–water partition coefficient (Wildman–Crippen LogP) is 0.873. The topological polar surface area (TPSA) is 111 Å². The van der Waals surface area contributed by atoms with Crippen LogP contribution >= 0.6 is 0 Å². The molecule has 110 valence electrons. The van der Waals surface area contributed by atoms with Gasteiger partial charge in [-0.25, -0.2) is 4.79 Å². The molecule has 0 atom stereocenters. The van der Waals surface area contributed by atoms with Crippen LogP contribution in [-0.2, 0) is 0 Å². The Bertz CT molecular complexity index is 723. The summed E-state index contributed by atoms with van der Waals surface area (Å²) < 4.78 is 0. The molecule has 2 fully saturated rings. The van der Waals surface area contributed by atoms with Crippen molar-refractivity contribution in [2.45, 2.75) is 18.4 Å². The summed E-state index contributed by atoms with van der Waals surface area (Å²) in [6.45, 7) is 1.77. The first-order chi connectivity index (χ1) is 10.1. The highest BCUT2D eigenvalue weighted by Gasteiger charge is 2.53. The lowest BCUT2D eigenvalue weighted by molar-refractivity contribution is 0.110. The van der Waals surface area contributed by atoms with Crippen LogP contribution in [0.15, 0.2) is 12.3 Å². The molecule has 0 aromatic carbocycles. The quantitative estimate of drug-likeness (QED) is 0.718. The van der Waals surface area contributed by atoms with Gasteiger partial charge in [-0.1, -0.05) is 0 Å². The Morgan fingerprint density at radius 3 is 2.90 bits per heavy atom. The number of aromatic amines is 1. The molecular weight excluding hydrogens is 272 g/mol. The molecule has 8 heteroatoms. The van der Waals surface area contributed by atoms with Crippen LogP contribution in [-0.4, -0.2) is 56.2 Å². The van der Waals surface area contributed by atoms with Crippen molar-refractivity contribution in [3.8, 4) is 0 Å². The fraction of sp³-hybridized carbons (Fsp3) is 0.462. The summed E-state index contributed by atoms with van der Waals surface area (Å²) in [6, 6.07) is 1.92. The molecule has 0 bridgehead atoms. The lowest BCUT2D eigenvalue weighted by atomic mass is 10.1. The molecule has 1 saturated carbocycles. The lowest BCUT2D eigenvalue weighted by Crippen LogP contribution is -2.57. The molecule has 2 aliphatic rings. The highest BCUT2D eigenvalue weighted by atomic mass is 16.4. The minimum atomic E-state index is -0.832. The lowest BCUT2D eigenvalue weighted by Gasteiger charge is -2.41. The average molecular weight is 288 g/mol. The van der Waals surface area contributed by atoms with Crippen molar-refractivity contribution < 1.29 is 9.90 Å². The maximum Gasteiger partial charge on any atom is 0.407 e. The third-order valence-corrected chi connectivity index (χ3v) is 4.42. The molecule has 3 heterocycles. The van der Waals surface area contributed by atoms with E-state index in [-0.39, 0.29) is 11.5 Å². The third kappa shape index (κ3) is 1.78. The van der Waals surface area contributed by atoms with Crippen LogP contribution in [0.4, 0.5) is 16.6 Å². The fourth-order valence-corrected chi connectivity index (χ4v) is 3.21. The van der Waals surface area contributed by atoms with E-state index in [0.29, 0.717) is 25.3 Å². The summed E-state index contributed by atoms with van der Waals surface area (Å²) in [4.78, 5) is 26.6. The standard InChI is InChI=1S/C13H16N6O2/c14-11-16-9-8(1-4-15-9)10(17-11)18-5-6-19(12(20)21)13(7-18)2-3-13/h1,4H,2-3,5-7H2,(H,20,21)(H3,14,15,16,17). The van der Waals surface area contributed by atoms with E-state index in [9.17, 15) is 9.90 Å². The summed E-state index contributed by atoms with van der Waals surface area (Å²) in [6.07, 6.45) is 2.79. The number of H-pyrrole nitrogens is 1. The fourth-order valence-electron chi connectivity index (χ4n) is 3.21. The van der Waals surface area contributed by atoms with E-state index in [0.717, 1.165) is 24.0 Å². The van der Waals surface area contributed by atoms with Gasteiger partial charge >= 0.3 is 6.09 Å². The SMILES string of the molecule is Nc1nc(N2CCN(C(=O)O)C3(CC3)C2)c2cc[nH]c2n1. The first kappa shape index (κ1) is 12.2. The first-order valence-corrected chi connectivity index (χ1v) is 6.95. The maximum atomic E-state index is 11.3. The highest BCUT2D eigenvalue weighted by molar-refractivity contribution is 5.88. The van der Waals surface area contributed by atoms with Crippen molar-refractivity contribution in [2.75, 3.05) is 30.3 Å². The number of aromatic nitrogens is 3. The van der Waals surface area contributed by atoms with Gasteiger partial charge in [-0.15, -0.1) is 0 Å². The van der Waals surface area contributed by atoms with Crippen molar-refractivity contribution in [3.05, 3.63) is 12.3 Å². The largest absolute Gasteiger partial charge is 0.465 e. The molecular formula is C13H16N6O2. The van der Waals surface area contributed by atoms with Crippen LogP contribution in [0.1, 0.15) is 12.8 Å². The normalized spacial score (nSPS) is 20.2. The summed E-state index contributed by atoms with van der Waals surface area (Å²) in [5.41, 5.74) is 6.24. The number of carbonyl (C=O) groups is 1. The molecule has 4 N–H and O–H groups in total. The molecule has 8 nitrogen and oxygen atoms in total. The number of fused-ring (bicyclic) bond motifs is 1. The number of nitrogens with zero attached hydrogens (tertiary/aromatic N) is 4. The number of rotatable bonds is 1. The van der Waals surface area contributed by atoms with E-state index in [1.54, 1.807) is 4.90 Å². The molecule has 0 radical (unpaired) electrons. The highest BCUT2D eigenvalue weighted by Crippen LogP contribution is 2.45. The van der Waals surface area contributed by atoms with Gasteiger partial charge in [0, 0.05) is 25.8 Å². The number of anilines is 2. The first-order valence-electron chi connectivity index (χ1n) is 6.95. The zero-order chi connectivity index (χ0) is 14.6. The van der Waals surface area contributed by atoms with Gasteiger partial charge in [-0.2, -0.15) is 9.97 Å². The van der Waals surface area contributed by atoms with Crippen molar-refractivity contribution in [2.24, 2.45) is 0 Å². The zero-order valence-corrected chi connectivity index (χ0v) is 11.4. The van der Waals surface area contributed by atoms with Crippen molar-refractivity contribution in [3.63, 3.8) is 0 Å². The third-order valence-electron chi connectivity index (χ3n) is 4.42. The Kier molecular flexibility index (Phi) is 2.33. The van der Waals surface area contributed by atoms with Crippen LogP contribution in [0.25, 0.3) is 11.0 Å². The molecule has 1 amide bonds. The summed E-state index contributed by atoms with van der Waals surface area (Å²) in [7, 11) is 0. The number of nitrogens with one attached hydrogen (secondary N) is 1. The second-order valence-electron chi connectivity index (χ2n) is 5.73. The van der Waals surface area contributed by atoms with Gasteiger partial charge in [0.15, 0.2) is 0 Å². The molecule has 0 unspecified atom stereocenters. The van der Waals surface area contributed by atoms with Crippen LogP contribution in [0.5, 0.6) is 0 Å². The number of hydrogen-bond acceptors (Lipinski definition) is 5. The number of nitrogens with two attached hydrogens (primary N) is 1. The van der Waals surface area contributed by atoms with Gasteiger partial charge in [0.25, 0.3) is 0 Å². The summed E-state index contributed by atoms with van der Waals surface area (Å²) >= 11 is 0. The molecule has 1 saturated heterocycles. The number of amides is 1. The minimum Gasteiger partial charge on any atom is -0.465 e. The van der Waals surface area contributed by atoms with Gasteiger partial charge < -0.3 is 20.7 Å². The van der Waals surface area contributed by atoms with Gasteiger partial charge in [-0.3, -0.25) is 4.90 Å². The Morgan fingerprint density at radius 2 is 2.19 bits per heavy atom. The molecule has 2 aromatic heterocycles. The Balaban J connectivity index is 1.71. The zero-order valence-electron chi connectivity index (χ0n) is 11.4. The minimum absolute atomic E-state index is 0.227. The Labute approximate surface area is 120 Å². The Hall–Kier alpha value is -2.51. The van der Waals surface area contributed by atoms with E-state index < -0.39 is 6.09 Å². The van der Waals surface area contributed by atoms with E-state index in [2.05, 4.69) is 19.9 Å². The summed E-state index contributed by atoms with van der Waals surface area (Å²) in [5, 5.41) is 10.2. The van der Waals surface area contributed by atoms with E-state index >= 15 is 0 Å². The molecule has 4 rings (SSSR count). The van der Waals surface area contributed by atoms with E-state index in [1.165, 1.54) is 0 Å². The second-order valence-corrected chi connectivity index (χ2v) is 5.73. The predicted molar refractivity (Wildman–Crippen MR) is 77.2 cm³/mol. The van der Waals surface area contributed by atoms with Gasteiger partial charge in [0.05, 0.1) is 10.9 Å². The van der Waals surface area contributed by atoms with Crippen molar-refractivity contribution in [1.29, 1.82) is 0 Å². The van der Waals surface area contributed by atoms with E-state index in [1.807, 2.05) is 12.3 Å². The van der Waals surface area contributed by atoms with Gasteiger partial charge in [0.2, 0.25) is 5.95 Å². The number of piperazine rings is 1. The smallest absolute Gasteiger partial charge is 0.407 e. The molecule has 2 aromatic rings. The van der Waals surface area contributed by atoms with Gasteiger partial charge in [-0.05, 0) is 18.9 Å². The van der Waals surface area contributed by atoms with Crippen molar-refractivity contribution >= 4 is 28.9 Å².